The number of alkyl halides is 3. The van der Waals surface area contributed by atoms with Crippen molar-refractivity contribution in [3.05, 3.63) is 22.8 Å². The number of carbonyl (C=O) groups excluding carboxylic acids is 1. The molecule has 23 heavy (non-hydrogen) atoms. The fourth-order valence-corrected chi connectivity index (χ4v) is 2.65. The summed E-state index contributed by atoms with van der Waals surface area (Å²) in [5.41, 5.74) is 1.85. The second-order valence-electron chi connectivity index (χ2n) is 5.64. The van der Waals surface area contributed by atoms with Crippen molar-refractivity contribution in [2.45, 2.75) is 39.3 Å². The largest absolute Gasteiger partial charge is 0.453 e. The molecule has 124 valence electrons. The average molecular weight is 327 g/mol. The van der Waals surface area contributed by atoms with Gasteiger partial charge in [0.25, 0.3) is 11.6 Å². The van der Waals surface area contributed by atoms with Crippen molar-refractivity contribution in [2.24, 2.45) is 0 Å². The summed E-state index contributed by atoms with van der Waals surface area (Å²) in [5.74, 6) is -1.23. The molecule has 0 radical (unpaired) electrons. The first-order valence-electron chi connectivity index (χ1n) is 7.35. The molecule has 1 fully saturated rings. The second kappa shape index (κ2) is 5.47. The molecule has 0 N–H and O–H groups in total. The summed E-state index contributed by atoms with van der Waals surface area (Å²) in [5, 5.41) is 3.50. The van der Waals surface area contributed by atoms with E-state index < -0.39 is 12.0 Å². The topological polar surface area (TPSA) is 63.4 Å². The molecule has 1 saturated heterocycles. The summed E-state index contributed by atoms with van der Waals surface area (Å²) >= 11 is 0. The highest BCUT2D eigenvalue weighted by atomic mass is 19.4. The third-order valence-corrected chi connectivity index (χ3v) is 4.10. The van der Waals surface area contributed by atoms with E-state index in [0.29, 0.717) is 24.2 Å². The van der Waals surface area contributed by atoms with E-state index in [1.165, 1.54) is 0 Å². The minimum Gasteiger partial charge on any atom is -0.343 e. The third-order valence-electron chi connectivity index (χ3n) is 4.10. The van der Waals surface area contributed by atoms with Gasteiger partial charge in [-0.1, -0.05) is 0 Å². The lowest BCUT2D eigenvalue weighted by molar-refractivity contribution is -0.144. The van der Waals surface area contributed by atoms with Gasteiger partial charge in [-0.25, -0.2) is 9.50 Å². The van der Waals surface area contributed by atoms with Gasteiger partial charge in [-0.15, -0.1) is 5.10 Å². The molecule has 0 aliphatic carbocycles. The van der Waals surface area contributed by atoms with Crippen LogP contribution in [0.15, 0.2) is 0 Å². The summed E-state index contributed by atoms with van der Waals surface area (Å²) in [7, 11) is 0. The van der Waals surface area contributed by atoms with Crippen molar-refractivity contribution < 1.29 is 18.0 Å². The van der Waals surface area contributed by atoms with Gasteiger partial charge in [-0.05, 0) is 32.3 Å². The maximum absolute atomic E-state index is 12.7. The SMILES string of the molecule is Cc1nc2nc(C(F)(F)F)nn2c(C)c1CCC(=O)N1CCC1. The quantitative estimate of drug-likeness (QED) is 0.864. The van der Waals surface area contributed by atoms with Gasteiger partial charge < -0.3 is 4.90 Å². The Morgan fingerprint density at radius 2 is 1.91 bits per heavy atom. The minimum atomic E-state index is -4.61. The van der Waals surface area contributed by atoms with Gasteiger partial charge in [0.15, 0.2) is 0 Å². The van der Waals surface area contributed by atoms with Crippen LogP contribution in [0.4, 0.5) is 13.2 Å². The Morgan fingerprint density at radius 3 is 2.48 bits per heavy atom. The Bertz CT molecular complexity index is 764. The predicted octanol–water partition coefficient (Wildman–Crippen LogP) is 1.92. The van der Waals surface area contributed by atoms with Crippen LogP contribution in [0.2, 0.25) is 0 Å². The Labute approximate surface area is 130 Å². The molecule has 3 heterocycles. The summed E-state index contributed by atoms with van der Waals surface area (Å²) in [4.78, 5) is 21.2. The number of carbonyl (C=O) groups is 1. The van der Waals surface area contributed by atoms with Crippen molar-refractivity contribution in [3.63, 3.8) is 0 Å². The van der Waals surface area contributed by atoms with E-state index in [-0.39, 0.29) is 11.7 Å². The Balaban J connectivity index is 1.89. The van der Waals surface area contributed by atoms with Crippen LogP contribution in [-0.4, -0.2) is 43.5 Å². The van der Waals surface area contributed by atoms with Crippen molar-refractivity contribution in [2.75, 3.05) is 13.1 Å². The Morgan fingerprint density at radius 1 is 1.22 bits per heavy atom. The van der Waals surface area contributed by atoms with Crippen LogP contribution in [0.1, 0.15) is 35.6 Å². The standard InChI is InChI=1S/C14H16F3N5O/c1-8-10(4-5-11(23)21-6-3-7-21)9(2)22-13(18-8)19-12(20-22)14(15,16)17/h3-7H2,1-2H3. The van der Waals surface area contributed by atoms with Gasteiger partial charge in [0.2, 0.25) is 5.91 Å². The summed E-state index contributed by atoms with van der Waals surface area (Å²) in [6.45, 7) is 4.94. The van der Waals surface area contributed by atoms with E-state index in [1.807, 2.05) is 0 Å². The van der Waals surface area contributed by atoms with Gasteiger partial charge in [0, 0.05) is 30.9 Å². The predicted molar refractivity (Wildman–Crippen MR) is 74.8 cm³/mol. The van der Waals surface area contributed by atoms with E-state index in [9.17, 15) is 18.0 Å². The van der Waals surface area contributed by atoms with Crippen LogP contribution in [-0.2, 0) is 17.4 Å². The number of amides is 1. The zero-order valence-corrected chi connectivity index (χ0v) is 12.8. The highest BCUT2D eigenvalue weighted by Gasteiger charge is 2.37. The van der Waals surface area contributed by atoms with Gasteiger partial charge in [-0.3, -0.25) is 4.79 Å². The monoisotopic (exact) mass is 327 g/mol. The van der Waals surface area contributed by atoms with E-state index in [0.717, 1.165) is 29.6 Å². The van der Waals surface area contributed by atoms with E-state index in [4.69, 9.17) is 0 Å². The maximum Gasteiger partial charge on any atom is 0.453 e. The molecule has 1 aliphatic heterocycles. The van der Waals surface area contributed by atoms with E-state index in [1.54, 1.807) is 18.7 Å². The number of aryl methyl sites for hydroxylation is 2. The molecule has 1 amide bonds. The Kier molecular flexibility index (Phi) is 3.73. The molecule has 2 aromatic rings. The normalized spacial score (nSPS) is 15.1. The molecule has 1 aliphatic rings. The smallest absolute Gasteiger partial charge is 0.343 e. The highest BCUT2D eigenvalue weighted by Crippen LogP contribution is 2.27. The molecule has 9 heteroatoms. The molecule has 0 saturated carbocycles. The first kappa shape index (κ1) is 15.7. The summed E-state index contributed by atoms with van der Waals surface area (Å²) < 4.78 is 39.3. The Hall–Kier alpha value is -2.19. The molecule has 0 unspecified atom stereocenters. The van der Waals surface area contributed by atoms with Crippen LogP contribution >= 0.6 is 0 Å². The minimum absolute atomic E-state index is 0.0599. The molecule has 0 aromatic carbocycles. The van der Waals surface area contributed by atoms with Crippen molar-refractivity contribution in [1.29, 1.82) is 0 Å². The lowest BCUT2D eigenvalue weighted by Gasteiger charge is -2.31. The van der Waals surface area contributed by atoms with Crippen molar-refractivity contribution in [3.8, 4) is 0 Å². The molecule has 0 atom stereocenters. The molecule has 3 rings (SSSR count). The molecular weight excluding hydrogens is 311 g/mol. The third kappa shape index (κ3) is 2.87. The molecular formula is C14H16F3N5O. The lowest BCUT2D eigenvalue weighted by atomic mass is 10.1. The molecule has 0 bridgehead atoms. The van der Waals surface area contributed by atoms with Crippen molar-refractivity contribution in [1.82, 2.24) is 24.5 Å². The first-order valence-corrected chi connectivity index (χ1v) is 7.35. The zero-order valence-electron chi connectivity index (χ0n) is 12.8. The number of hydrogen-bond acceptors (Lipinski definition) is 4. The fraction of sp³-hybridized carbons (Fsp3) is 0.571. The van der Waals surface area contributed by atoms with E-state index >= 15 is 0 Å². The van der Waals surface area contributed by atoms with Crippen LogP contribution in [0.25, 0.3) is 5.78 Å². The molecule has 2 aromatic heterocycles. The van der Waals surface area contributed by atoms with E-state index in [2.05, 4.69) is 15.1 Å². The van der Waals surface area contributed by atoms with Gasteiger partial charge in [-0.2, -0.15) is 18.2 Å². The maximum atomic E-state index is 12.7. The molecule has 0 spiro atoms. The first-order chi connectivity index (χ1) is 10.8. The number of nitrogens with zero attached hydrogens (tertiary/aromatic N) is 5. The summed E-state index contributed by atoms with van der Waals surface area (Å²) in [6.07, 6.45) is -2.84. The zero-order chi connectivity index (χ0) is 16.8. The average Bonchev–Trinajstić information content (AvgIpc) is 2.80. The second-order valence-corrected chi connectivity index (χ2v) is 5.64. The van der Waals surface area contributed by atoms with Crippen LogP contribution in [0.3, 0.4) is 0 Å². The van der Waals surface area contributed by atoms with Crippen LogP contribution < -0.4 is 0 Å². The number of fused-ring (bicyclic) bond motifs is 1. The number of halogens is 3. The number of rotatable bonds is 3. The fourth-order valence-electron chi connectivity index (χ4n) is 2.65. The summed E-state index contributed by atoms with van der Waals surface area (Å²) in [6, 6.07) is 0. The van der Waals surface area contributed by atoms with Crippen LogP contribution in [0, 0.1) is 13.8 Å². The van der Waals surface area contributed by atoms with Crippen molar-refractivity contribution >= 4 is 11.7 Å². The highest BCUT2D eigenvalue weighted by molar-refractivity contribution is 5.77. The number of aromatic nitrogens is 4. The van der Waals surface area contributed by atoms with Gasteiger partial charge >= 0.3 is 6.18 Å². The van der Waals surface area contributed by atoms with Gasteiger partial charge in [0.1, 0.15) is 0 Å². The van der Waals surface area contributed by atoms with Gasteiger partial charge in [0.05, 0.1) is 0 Å². The lowest BCUT2D eigenvalue weighted by Crippen LogP contribution is -2.42. The number of hydrogen-bond donors (Lipinski definition) is 0. The number of likely N-dealkylation sites (tertiary alicyclic amines) is 1. The molecule has 6 nitrogen and oxygen atoms in total. The van der Waals surface area contributed by atoms with Crippen LogP contribution in [0.5, 0.6) is 0 Å².